The van der Waals surface area contributed by atoms with Gasteiger partial charge in [0.25, 0.3) is 11.8 Å². The summed E-state index contributed by atoms with van der Waals surface area (Å²) in [6.45, 7) is 4.06. The molecule has 3 N–H and O–H groups in total. The molecule has 0 radical (unpaired) electrons. The summed E-state index contributed by atoms with van der Waals surface area (Å²) in [6, 6.07) is 13.3. The lowest BCUT2D eigenvalue weighted by atomic mass is 10.1. The Bertz CT molecular complexity index is 1270. The van der Waals surface area contributed by atoms with Crippen molar-refractivity contribution >= 4 is 23.9 Å². The fourth-order valence-corrected chi connectivity index (χ4v) is 3.23. The molecule has 31 heavy (non-hydrogen) atoms. The molecule has 0 bridgehead atoms. The number of nitrogens with one attached hydrogen (secondary N) is 1. The molecule has 0 aliphatic carbocycles. The van der Waals surface area contributed by atoms with Crippen molar-refractivity contribution in [3.8, 4) is 17.1 Å². The minimum atomic E-state index is -0.129. The fourth-order valence-electron chi connectivity index (χ4n) is 3.23. The molecule has 0 saturated heterocycles. The number of nitrogens with zero attached hydrogens (tertiary/aromatic N) is 4. The summed E-state index contributed by atoms with van der Waals surface area (Å²) in [7, 11) is 1.60. The van der Waals surface area contributed by atoms with Crippen molar-refractivity contribution in [3.05, 3.63) is 76.8 Å². The van der Waals surface area contributed by atoms with E-state index in [0.29, 0.717) is 28.7 Å². The highest BCUT2D eigenvalue weighted by Gasteiger charge is 2.17. The van der Waals surface area contributed by atoms with Gasteiger partial charge in [-0.1, -0.05) is 35.0 Å². The second-order valence-corrected chi connectivity index (χ2v) is 7.14. The van der Waals surface area contributed by atoms with Crippen molar-refractivity contribution in [1.29, 1.82) is 0 Å². The van der Waals surface area contributed by atoms with Gasteiger partial charge >= 0.3 is 0 Å². The number of benzene rings is 2. The highest BCUT2D eigenvalue weighted by molar-refractivity contribution is 5.94. The zero-order chi connectivity index (χ0) is 22.0. The molecule has 0 aliphatic heterocycles. The van der Waals surface area contributed by atoms with E-state index in [2.05, 4.69) is 26.6 Å². The van der Waals surface area contributed by atoms with Crippen LogP contribution in [-0.2, 0) is 0 Å². The van der Waals surface area contributed by atoms with Gasteiger partial charge in [0, 0.05) is 18.7 Å². The summed E-state index contributed by atoms with van der Waals surface area (Å²) in [5.74, 6) is 1.01. The number of nitrogen functional groups attached to an aromatic ring is 1. The van der Waals surface area contributed by atoms with E-state index < -0.39 is 0 Å². The first-order chi connectivity index (χ1) is 15.0. The highest BCUT2D eigenvalue weighted by atomic mass is 16.5. The summed E-state index contributed by atoms with van der Waals surface area (Å²) in [6.07, 6.45) is 5.16. The quantitative estimate of drug-likeness (QED) is 0.515. The molecule has 0 spiro atoms. The van der Waals surface area contributed by atoms with Crippen molar-refractivity contribution in [3.63, 3.8) is 0 Å². The lowest BCUT2D eigenvalue weighted by Crippen LogP contribution is -2.17. The molecule has 4 aromatic rings. The zero-order valence-electron chi connectivity index (χ0n) is 17.5. The largest absolute Gasteiger partial charge is 0.383 e. The van der Waals surface area contributed by atoms with E-state index in [1.165, 1.54) is 5.56 Å². The van der Waals surface area contributed by atoms with Gasteiger partial charge in [0.05, 0.1) is 17.4 Å². The molecule has 2 heterocycles. The van der Waals surface area contributed by atoms with Gasteiger partial charge in [-0.15, -0.1) is 0 Å². The number of carbonyl (C=O) groups excluding carboxylic acids is 1. The lowest BCUT2D eigenvalue weighted by molar-refractivity contribution is 0.0963. The van der Waals surface area contributed by atoms with Gasteiger partial charge in [-0.3, -0.25) is 4.79 Å². The van der Waals surface area contributed by atoms with E-state index in [0.717, 1.165) is 16.8 Å². The smallest absolute Gasteiger partial charge is 0.251 e. The summed E-state index contributed by atoms with van der Waals surface area (Å²) in [5.41, 5.74) is 11.6. The van der Waals surface area contributed by atoms with E-state index in [9.17, 15) is 4.79 Å². The summed E-state index contributed by atoms with van der Waals surface area (Å²) in [4.78, 5) is 16.0. The molecule has 1 amide bonds. The van der Waals surface area contributed by atoms with Gasteiger partial charge in [0.1, 0.15) is 5.82 Å². The molecule has 0 atom stereocenters. The SMILES string of the molecule is CNC(=O)c1ccc(/C=C/c2nc(-c3cnn(-c4ccc(C)cc4C)c3N)no2)cc1. The normalized spacial score (nSPS) is 11.2. The number of carbonyl (C=O) groups is 1. The average Bonchev–Trinajstić information content (AvgIpc) is 3.39. The maximum absolute atomic E-state index is 11.6. The number of amides is 1. The first kappa shape index (κ1) is 20.1. The summed E-state index contributed by atoms with van der Waals surface area (Å²) >= 11 is 0. The van der Waals surface area contributed by atoms with Crippen LogP contribution in [0.4, 0.5) is 5.82 Å². The number of anilines is 1. The number of nitrogens with two attached hydrogens (primary N) is 1. The number of hydrogen-bond acceptors (Lipinski definition) is 6. The molecule has 2 aromatic carbocycles. The van der Waals surface area contributed by atoms with Crippen LogP contribution in [0.2, 0.25) is 0 Å². The first-order valence-electron chi connectivity index (χ1n) is 9.71. The van der Waals surface area contributed by atoms with E-state index in [1.54, 1.807) is 36.1 Å². The number of aromatic nitrogens is 4. The molecule has 0 aliphatic rings. The maximum atomic E-state index is 11.6. The second kappa shape index (κ2) is 8.27. The van der Waals surface area contributed by atoms with Crippen LogP contribution in [0.5, 0.6) is 0 Å². The predicted molar refractivity (Wildman–Crippen MR) is 120 cm³/mol. The highest BCUT2D eigenvalue weighted by Crippen LogP contribution is 2.27. The zero-order valence-corrected chi connectivity index (χ0v) is 17.5. The van der Waals surface area contributed by atoms with Crippen molar-refractivity contribution in [1.82, 2.24) is 25.2 Å². The van der Waals surface area contributed by atoms with Gasteiger partial charge in [-0.25, -0.2) is 4.68 Å². The van der Waals surface area contributed by atoms with E-state index >= 15 is 0 Å². The van der Waals surface area contributed by atoms with Gasteiger partial charge in [0.15, 0.2) is 0 Å². The van der Waals surface area contributed by atoms with Crippen LogP contribution in [0.15, 0.2) is 53.2 Å². The van der Waals surface area contributed by atoms with Crippen LogP contribution >= 0.6 is 0 Å². The number of rotatable bonds is 5. The third kappa shape index (κ3) is 4.09. The molecular weight excluding hydrogens is 392 g/mol. The van der Waals surface area contributed by atoms with E-state index in [-0.39, 0.29) is 5.91 Å². The summed E-state index contributed by atoms with van der Waals surface area (Å²) < 4.78 is 7.00. The lowest BCUT2D eigenvalue weighted by Gasteiger charge is -2.08. The van der Waals surface area contributed by atoms with Crippen LogP contribution < -0.4 is 11.1 Å². The Morgan fingerprint density at radius 2 is 1.90 bits per heavy atom. The molecule has 2 aromatic heterocycles. The molecular formula is C23H22N6O2. The molecule has 0 unspecified atom stereocenters. The Morgan fingerprint density at radius 1 is 1.13 bits per heavy atom. The van der Waals surface area contributed by atoms with E-state index in [1.807, 2.05) is 44.2 Å². The maximum Gasteiger partial charge on any atom is 0.251 e. The summed E-state index contributed by atoms with van der Waals surface area (Å²) in [5, 5.41) is 11.0. The fraction of sp³-hybridized carbons (Fsp3) is 0.130. The van der Waals surface area contributed by atoms with Gasteiger partial charge in [0.2, 0.25) is 5.82 Å². The molecule has 4 rings (SSSR count). The third-order valence-corrected chi connectivity index (χ3v) is 4.89. The van der Waals surface area contributed by atoms with Crippen LogP contribution in [0.1, 0.15) is 32.9 Å². The van der Waals surface area contributed by atoms with E-state index in [4.69, 9.17) is 10.3 Å². The molecule has 8 nitrogen and oxygen atoms in total. The Labute approximate surface area is 179 Å². The molecule has 8 heteroatoms. The Hall–Kier alpha value is -4.20. The molecule has 0 fully saturated rings. The van der Waals surface area contributed by atoms with Gasteiger partial charge in [-0.2, -0.15) is 10.1 Å². The van der Waals surface area contributed by atoms with Crippen LogP contribution in [-0.4, -0.2) is 32.9 Å². The van der Waals surface area contributed by atoms with Gasteiger partial charge < -0.3 is 15.6 Å². The third-order valence-electron chi connectivity index (χ3n) is 4.89. The second-order valence-electron chi connectivity index (χ2n) is 7.14. The van der Waals surface area contributed by atoms with Crippen molar-refractivity contribution in [2.24, 2.45) is 0 Å². The van der Waals surface area contributed by atoms with Crippen LogP contribution in [0.3, 0.4) is 0 Å². The number of hydrogen-bond donors (Lipinski definition) is 2. The van der Waals surface area contributed by atoms with Crippen LogP contribution in [0, 0.1) is 13.8 Å². The average molecular weight is 414 g/mol. The van der Waals surface area contributed by atoms with Crippen LogP contribution in [0.25, 0.3) is 29.2 Å². The Morgan fingerprint density at radius 3 is 2.61 bits per heavy atom. The molecule has 0 saturated carbocycles. The standard InChI is InChI=1S/C23H22N6O2/c1-14-4-10-19(15(2)12-14)29-21(24)18(13-26-29)22-27-20(31-28-22)11-7-16-5-8-17(9-6-16)23(30)25-3/h4-13H,24H2,1-3H3,(H,25,30)/b11-7+. The Kier molecular flexibility index (Phi) is 5.36. The van der Waals surface area contributed by atoms with Crippen molar-refractivity contribution in [2.45, 2.75) is 13.8 Å². The number of aryl methyl sites for hydroxylation is 2. The predicted octanol–water partition coefficient (Wildman–Crippen LogP) is 3.65. The minimum absolute atomic E-state index is 0.129. The minimum Gasteiger partial charge on any atom is -0.383 e. The van der Waals surface area contributed by atoms with Crippen molar-refractivity contribution in [2.75, 3.05) is 12.8 Å². The topological polar surface area (TPSA) is 112 Å². The van der Waals surface area contributed by atoms with Gasteiger partial charge in [-0.05, 0) is 49.2 Å². The first-order valence-corrected chi connectivity index (χ1v) is 9.71. The Balaban J connectivity index is 1.55. The van der Waals surface area contributed by atoms with Crippen molar-refractivity contribution < 1.29 is 9.32 Å². The molecule has 156 valence electrons. The monoisotopic (exact) mass is 414 g/mol.